The van der Waals surface area contributed by atoms with Crippen LogP contribution in [0.2, 0.25) is 0 Å². The van der Waals surface area contributed by atoms with E-state index >= 15 is 0 Å². The molecule has 9 nitrogen and oxygen atoms in total. The van der Waals surface area contributed by atoms with Gasteiger partial charge < -0.3 is 31.4 Å². The van der Waals surface area contributed by atoms with E-state index in [-0.39, 0.29) is 23.8 Å². The number of benzene rings is 2. The van der Waals surface area contributed by atoms with Crippen molar-refractivity contribution in [3.8, 4) is 28.3 Å². The van der Waals surface area contributed by atoms with E-state index in [9.17, 15) is 9.59 Å². The lowest BCUT2D eigenvalue weighted by Gasteiger charge is -2.13. The summed E-state index contributed by atoms with van der Waals surface area (Å²) in [5.74, 6) is -0.0655. The number of nitrogen functional groups attached to an aromatic ring is 2. The van der Waals surface area contributed by atoms with Crippen molar-refractivity contribution in [2.45, 2.75) is 19.8 Å². The van der Waals surface area contributed by atoms with Crippen LogP contribution < -0.4 is 21.8 Å². The summed E-state index contributed by atoms with van der Waals surface area (Å²) in [6.07, 6.45) is 0.527. The molecule has 0 aliphatic carbocycles. The number of aliphatic hydroxyl groups excluding tert-OH is 1. The average molecular weight is 426 g/mol. The number of anilines is 2. The molecule has 7 N–H and O–H groups in total. The van der Waals surface area contributed by atoms with Crippen LogP contribution in [0.15, 0.2) is 47.3 Å². The lowest BCUT2D eigenvalue weighted by Crippen LogP contribution is -2.17. The maximum absolute atomic E-state index is 12.0. The van der Waals surface area contributed by atoms with Crippen molar-refractivity contribution in [3.63, 3.8) is 0 Å². The van der Waals surface area contributed by atoms with Crippen molar-refractivity contribution in [2.24, 2.45) is 0 Å². The number of ether oxygens (including phenoxy) is 1. The number of hydrogen-bond donors (Lipinski definition) is 5. The molecule has 0 bridgehead atoms. The van der Waals surface area contributed by atoms with Gasteiger partial charge in [-0.2, -0.15) is 0 Å². The minimum atomic E-state index is -0.831. The summed E-state index contributed by atoms with van der Waals surface area (Å²) in [7, 11) is 1.00. The number of carboxylic acid groups (broad SMARTS) is 1. The van der Waals surface area contributed by atoms with E-state index < -0.39 is 11.5 Å². The number of nitrogens with two attached hydrogens (primary N) is 2. The van der Waals surface area contributed by atoms with E-state index in [0.717, 1.165) is 23.8 Å². The van der Waals surface area contributed by atoms with Crippen LogP contribution in [0.1, 0.15) is 18.9 Å². The molecule has 2 aromatic carbocycles. The fourth-order valence-corrected chi connectivity index (χ4v) is 2.96. The molecule has 31 heavy (non-hydrogen) atoms. The number of nitrogens with zero attached hydrogens (tertiary/aromatic N) is 1. The van der Waals surface area contributed by atoms with E-state index in [1.54, 1.807) is 6.07 Å². The molecule has 0 fully saturated rings. The SMILES string of the molecule is CCOc1cc(-c2cccc(CCC(=O)O)c2)ccc1-c1nc(N)c(N)c(=O)[nH]1.CO. The first-order valence-electron chi connectivity index (χ1n) is 9.57. The lowest BCUT2D eigenvalue weighted by molar-refractivity contribution is -0.136. The van der Waals surface area contributed by atoms with E-state index in [1.165, 1.54) is 0 Å². The van der Waals surface area contributed by atoms with Crippen molar-refractivity contribution in [2.75, 3.05) is 25.2 Å². The summed E-state index contributed by atoms with van der Waals surface area (Å²) >= 11 is 0. The van der Waals surface area contributed by atoms with Crippen LogP contribution in [-0.2, 0) is 11.2 Å². The van der Waals surface area contributed by atoms with Gasteiger partial charge in [0, 0.05) is 13.5 Å². The Kier molecular flexibility index (Phi) is 8.16. The number of aliphatic carboxylic acids is 1. The van der Waals surface area contributed by atoms with Gasteiger partial charge in [0.2, 0.25) is 0 Å². The number of carbonyl (C=O) groups is 1. The molecule has 9 heteroatoms. The number of aryl methyl sites for hydroxylation is 1. The highest BCUT2D eigenvalue weighted by atomic mass is 16.5. The van der Waals surface area contributed by atoms with Gasteiger partial charge in [-0.25, -0.2) is 4.98 Å². The van der Waals surface area contributed by atoms with Crippen LogP contribution in [0.5, 0.6) is 5.75 Å². The fraction of sp³-hybridized carbons (Fsp3) is 0.227. The molecule has 0 spiro atoms. The average Bonchev–Trinajstić information content (AvgIpc) is 2.77. The van der Waals surface area contributed by atoms with Crippen molar-refractivity contribution in [3.05, 3.63) is 58.4 Å². The van der Waals surface area contributed by atoms with Gasteiger partial charge in [-0.15, -0.1) is 0 Å². The van der Waals surface area contributed by atoms with Crippen LogP contribution in [0.3, 0.4) is 0 Å². The minimum Gasteiger partial charge on any atom is -0.493 e. The molecule has 0 saturated heterocycles. The topological polar surface area (TPSA) is 165 Å². The summed E-state index contributed by atoms with van der Waals surface area (Å²) in [6, 6.07) is 13.2. The second-order valence-corrected chi connectivity index (χ2v) is 6.45. The molecule has 3 aromatic rings. The molecule has 0 amide bonds. The number of aromatic amines is 1. The van der Waals surface area contributed by atoms with Gasteiger partial charge in [0.05, 0.1) is 12.2 Å². The molecule has 0 aliphatic heterocycles. The number of aromatic nitrogens is 2. The zero-order valence-corrected chi connectivity index (χ0v) is 17.4. The second-order valence-electron chi connectivity index (χ2n) is 6.45. The number of rotatable bonds is 7. The zero-order valence-electron chi connectivity index (χ0n) is 17.4. The van der Waals surface area contributed by atoms with Crippen LogP contribution in [0.25, 0.3) is 22.5 Å². The van der Waals surface area contributed by atoms with Gasteiger partial charge in [0.1, 0.15) is 17.3 Å². The van der Waals surface area contributed by atoms with E-state index in [2.05, 4.69) is 9.97 Å². The maximum Gasteiger partial charge on any atom is 0.303 e. The van der Waals surface area contributed by atoms with Gasteiger partial charge >= 0.3 is 5.97 Å². The van der Waals surface area contributed by atoms with Crippen molar-refractivity contribution in [1.82, 2.24) is 9.97 Å². The van der Waals surface area contributed by atoms with Crippen LogP contribution in [0, 0.1) is 0 Å². The molecule has 1 heterocycles. The smallest absolute Gasteiger partial charge is 0.303 e. The second kappa shape index (κ2) is 10.8. The monoisotopic (exact) mass is 426 g/mol. The first-order chi connectivity index (χ1) is 14.9. The summed E-state index contributed by atoms with van der Waals surface area (Å²) in [5.41, 5.74) is 14.0. The van der Waals surface area contributed by atoms with Gasteiger partial charge in [-0.05, 0) is 42.2 Å². The predicted octanol–water partition coefficient (Wildman–Crippen LogP) is 2.29. The molecule has 0 radical (unpaired) electrons. The lowest BCUT2D eigenvalue weighted by atomic mass is 9.99. The Morgan fingerprint density at radius 3 is 2.48 bits per heavy atom. The predicted molar refractivity (Wildman–Crippen MR) is 120 cm³/mol. The normalized spacial score (nSPS) is 10.2. The Morgan fingerprint density at radius 2 is 1.84 bits per heavy atom. The molecule has 0 aliphatic rings. The Hall–Kier alpha value is -3.85. The summed E-state index contributed by atoms with van der Waals surface area (Å²) < 4.78 is 5.76. The van der Waals surface area contributed by atoms with E-state index in [4.69, 9.17) is 26.4 Å². The third-order valence-corrected chi connectivity index (χ3v) is 4.41. The molecular weight excluding hydrogens is 400 g/mol. The van der Waals surface area contributed by atoms with Gasteiger partial charge in [-0.1, -0.05) is 30.3 Å². The molecule has 164 valence electrons. The summed E-state index contributed by atoms with van der Waals surface area (Å²) in [4.78, 5) is 29.6. The third-order valence-electron chi connectivity index (χ3n) is 4.41. The van der Waals surface area contributed by atoms with E-state index in [1.807, 2.05) is 43.3 Å². The molecule has 1 aromatic heterocycles. The molecule has 0 atom stereocenters. The quantitative estimate of drug-likeness (QED) is 0.384. The first-order valence-corrected chi connectivity index (χ1v) is 9.57. The van der Waals surface area contributed by atoms with Gasteiger partial charge in [-0.3, -0.25) is 9.59 Å². The van der Waals surface area contributed by atoms with Gasteiger partial charge in [0.15, 0.2) is 5.82 Å². The first kappa shape index (κ1) is 23.4. The highest BCUT2D eigenvalue weighted by Crippen LogP contribution is 2.33. The zero-order chi connectivity index (χ0) is 23.0. The Morgan fingerprint density at radius 1 is 1.13 bits per heavy atom. The number of hydrogen-bond acceptors (Lipinski definition) is 7. The van der Waals surface area contributed by atoms with Crippen molar-refractivity contribution < 1.29 is 19.7 Å². The van der Waals surface area contributed by atoms with Crippen molar-refractivity contribution in [1.29, 1.82) is 0 Å². The summed E-state index contributed by atoms with van der Waals surface area (Å²) in [5, 5.41) is 15.9. The number of nitrogens with one attached hydrogen (secondary N) is 1. The maximum atomic E-state index is 12.0. The standard InChI is InChI=1S/C21H22N4O4.CH4O/c1-2-29-16-11-14(13-5-3-4-12(10-13)6-9-17(26)27)7-8-15(16)20-24-19(23)18(22)21(28)25-20;1-2/h3-5,7-8,10-11H,2,6,9,22H2,1H3,(H,26,27)(H3,23,24,25,28);2H,1H3. The number of H-pyrrole nitrogens is 1. The summed E-state index contributed by atoms with van der Waals surface area (Å²) in [6.45, 7) is 2.28. The van der Waals surface area contributed by atoms with Crippen LogP contribution >= 0.6 is 0 Å². The van der Waals surface area contributed by atoms with Crippen LogP contribution in [0.4, 0.5) is 11.5 Å². The number of carboxylic acids is 1. The van der Waals surface area contributed by atoms with Crippen LogP contribution in [-0.4, -0.2) is 39.9 Å². The fourth-order valence-electron chi connectivity index (χ4n) is 2.96. The Balaban J connectivity index is 0.00000166. The van der Waals surface area contributed by atoms with Crippen molar-refractivity contribution >= 4 is 17.5 Å². The molecular formula is C22H26N4O5. The van der Waals surface area contributed by atoms with E-state index in [0.29, 0.717) is 24.3 Å². The Labute approximate surface area is 179 Å². The Bertz CT molecular complexity index is 1110. The largest absolute Gasteiger partial charge is 0.493 e. The van der Waals surface area contributed by atoms with Gasteiger partial charge in [0.25, 0.3) is 5.56 Å². The number of aliphatic hydroxyl groups is 1. The molecule has 0 saturated carbocycles. The third kappa shape index (κ3) is 5.83. The molecule has 3 rings (SSSR count). The molecule has 0 unspecified atom stereocenters. The highest BCUT2D eigenvalue weighted by molar-refractivity contribution is 5.75. The highest BCUT2D eigenvalue weighted by Gasteiger charge is 2.14. The minimum absolute atomic E-state index is 0.0404.